The first-order chi connectivity index (χ1) is 8.69. The minimum absolute atomic E-state index is 0.194. The van der Waals surface area contributed by atoms with E-state index >= 15 is 0 Å². The number of fused-ring (bicyclic) bond motifs is 1. The number of nitrogens with two attached hydrogens (primary N) is 1. The van der Waals surface area contributed by atoms with E-state index in [1.807, 2.05) is 0 Å². The van der Waals surface area contributed by atoms with Gasteiger partial charge in [0.05, 0.1) is 5.60 Å². The SMILES string of the molecule is NCC1(C2(O)CCOCC2)Cc2ccccc2C1. The Hall–Kier alpha value is -0.900. The summed E-state index contributed by atoms with van der Waals surface area (Å²) >= 11 is 0. The summed E-state index contributed by atoms with van der Waals surface area (Å²) in [5.41, 5.74) is 7.90. The lowest BCUT2D eigenvalue weighted by atomic mass is 9.66. The smallest absolute Gasteiger partial charge is 0.0765 e. The summed E-state index contributed by atoms with van der Waals surface area (Å²) in [6, 6.07) is 8.46. The minimum Gasteiger partial charge on any atom is -0.389 e. The van der Waals surface area contributed by atoms with Gasteiger partial charge in [-0.25, -0.2) is 0 Å². The molecule has 3 heteroatoms. The maximum atomic E-state index is 11.0. The van der Waals surface area contributed by atoms with Gasteiger partial charge in [0.2, 0.25) is 0 Å². The van der Waals surface area contributed by atoms with Gasteiger partial charge < -0.3 is 15.6 Å². The molecule has 0 spiro atoms. The highest BCUT2D eigenvalue weighted by molar-refractivity contribution is 5.36. The highest BCUT2D eigenvalue weighted by Gasteiger charge is 2.52. The van der Waals surface area contributed by atoms with E-state index < -0.39 is 5.60 Å². The zero-order chi connectivity index (χ0) is 12.6. The molecular weight excluding hydrogens is 226 g/mol. The largest absolute Gasteiger partial charge is 0.389 e. The van der Waals surface area contributed by atoms with Gasteiger partial charge in [-0.05, 0) is 24.0 Å². The Balaban J connectivity index is 1.94. The monoisotopic (exact) mass is 247 g/mol. The highest BCUT2D eigenvalue weighted by atomic mass is 16.5. The van der Waals surface area contributed by atoms with Crippen LogP contribution in [0.25, 0.3) is 0 Å². The fourth-order valence-corrected chi connectivity index (χ4v) is 3.60. The van der Waals surface area contributed by atoms with Gasteiger partial charge in [-0.15, -0.1) is 0 Å². The summed E-state index contributed by atoms with van der Waals surface area (Å²) in [5, 5.41) is 11.0. The van der Waals surface area contributed by atoms with Gasteiger partial charge in [0.25, 0.3) is 0 Å². The maximum Gasteiger partial charge on any atom is 0.0765 e. The first kappa shape index (κ1) is 12.2. The fourth-order valence-electron chi connectivity index (χ4n) is 3.60. The van der Waals surface area contributed by atoms with Crippen LogP contribution < -0.4 is 5.73 Å². The third-order valence-corrected chi connectivity index (χ3v) is 4.87. The van der Waals surface area contributed by atoms with Crippen molar-refractivity contribution in [3.05, 3.63) is 35.4 Å². The second-order valence-corrected chi connectivity index (χ2v) is 5.75. The Morgan fingerprint density at radius 3 is 2.17 bits per heavy atom. The molecule has 0 saturated carbocycles. The van der Waals surface area contributed by atoms with Crippen LogP contribution in [0.1, 0.15) is 24.0 Å². The molecule has 3 rings (SSSR count). The molecule has 0 radical (unpaired) electrons. The first-order valence-corrected chi connectivity index (χ1v) is 6.76. The maximum absolute atomic E-state index is 11.0. The molecule has 1 aliphatic carbocycles. The van der Waals surface area contributed by atoms with E-state index in [1.54, 1.807) is 0 Å². The van der Waals surface area contributed by atoms with Gasteiger partial charge in [-0.1, -0.05) is 24.3 Å². The second-order valence-electron chi connectivity index (χ2n) is 5.75. The van der Waals surface area contributed by atoms with Crippen LogP contribution in [0.15, 0.2) is 24.3 Å². The van der Waals surface area contributed by atoms with E-state index in [9.17, 15) is 5.11 Å². The van der Waals surface area contributed by atoms with Crippen molar-refractivity contribution < 1.29 is 9.84 Å². The predicted octanol–water partition coefficient (Wildman–Crippen LogP) is 1.27. The topological polar surface area (TPSA) is 55.5 Å². The molecule has 3 N–H and O–H groups in total. The molecule has 1 aromatic carbocycles. The Morgan fingerprint density at radius 1 is 1.11 bits per heavy atom. The van der Waals surface area contributed by atoms with Crippen LogP contribution in [0.4, 0.5) is 0 Å². The molecule has 98 valence electrons. The van der Waals surface area contributed by atoms with Gasteiger partial charge >= 0.3 is 0 Å². The Morgan fingerprint density at radius 2 is 1.67 bits per heavy atom. The number of benzene rings is 1. The van der Waals surface area contributed by atoms with Crippen molar-refractivity contribution in [3.8, 4) is 0 Å². The Labute approximate surface area is 108 Å². The summed E-state index contributed by atoms with van der Waals surface area (Å²) in [7, 11) is 0. The van der Waals surface area contributed by atoms with Crippen molar-refractivity contribution in [2.75, 3.05) is 19.8 Å². The van der Waals surface area contributed by atoms with Crippen molar-refractivity contribution in [3.63, 3.8) is 0 Å². The van der Waals surface area contributed by atoms with E-state index in [1.165, 1.54) is 11.1 Å². The molecule has 0 amide bonds. The lowest BCUT2D eigenvalue weighted by Crippen LogP contribution is -2.56. The van der Waals surface area contributed by atoms with Crippen LogP contribution in [0, 0.1) is 5.41 Å². The first-order valence-electron chi connectivity index (χ1n) is 6.76. The van der Waals surface area contributed by atoms with E-state index in [-0.39, 0.29) is 5.41 Å². The average molecular weight is 247 g/mol. The zero-order valence-corrected chi connectivity index (χ0v) is 10.7. The molecule has 1 fully saturated rings. The summed E-state index contributed by atoms with van der Waals surface area (Å²) in [5.74, 6) is 0. The molecule has 0 unspecified atom stereocenters. The normalized spacial score (nSPS) is 24.8. The van der Waals surface area contributed by atoms with Crippen molar-refractivity contribution in [2.45, 2.75) is 31.3 Å². The quantitative estimate of drug-likeness (QED) is 0.827. The van der Waals surface area contributed by atoms with Crippen molar-refractivity contribution in [2.24, 2.45) is 11.1 Å². The summed E-state index contributed by atoms with van der Waals surface area (Å²) in [6.07, 6.45) is 3.21. The molecule has 1 aromatic rings. The molecule has 0 atom stereocenters. The fraction of sp³-hybridized carbons (Fsp3) is 0.600. The van der Waals surface area contributed by atoms with E-state index in [2.05, 4.69) is 24.3 Å². The van der Waals surface area contributed by atoms with Crippen LogP contribution in [-0.2, 0) is 17.6 Å². The molecule has 1 heterocycles. The van der Waals surface area contributed by atoms with Crippen LogP contribution >= 0.6 is 0 Å². The highest BCUT2D eigenvalue weighted by Crippen LogP contribution is 2.48. The van der Waals surface area contributed by atoms with Crippen LogP contribution in [-0.4, -0.2) is 30.5 Å². The molecule has 1 saturated heterocycles. The molecule has 1 aliphatic heterocycles. The van der Waals surface area contributed by atoms with Gasteiger partial charge in [0.15, 0.2) is 0 Å². The van der Waals surface area contributed by atoms with Crippen molar-refractivity contribution in [1.29, 1.82) is 0 Å². The average Bonchev–Trinajstić information content (AvgIpc) is 2.80. The molecular formula is C15H21NO2. The third-order valence-electron chi connectivity index (χ3n) is 4.87. The summed E-state index contributed by atoms with van der Waals surface area (Å²) < 4.78 is 5.39. The molecule has 0 aromatic heterocycles. The second kappa shape index (κ2) is 4.34. The molecule has 3 nitrogen and oxygen atoms in total. The number of hydrogen-bond acceptors (Lipinski definition) is 3. The number of rotatable bonds is 2. The van der Waals surface area contributed by atoms with Gasteiger partial charge in [-0.2, -0.15) is 0 Å². The predicted molar refractivity (Wildman–Crippen MR) is 70.3 cm³/mol. The summed E-state index contributed by atoms with van der Waals surface area (Å²) in [6.45, 7) is 1.83. The molecule has 18 heavy (non-hydrogen) atoms. The van der Waals surface area contributed by atoms with E-state index in [0.717, 1.165) is 12.8 Å². The Bertz CT molecular complexity index is 413. The van der Waals surface area contributed by atoms with Gasteiger partial charge in [-0.3, -0.25) is 0 Å². The van der Waals surface area contributed by atoms with Gasteiger partial charge in [0, 0.05) is 38.0 Å². The van der Waals surface area contributed by atoms with Gasteiger partial charge in [0.1, 0.15) is 0 Å². The lowest BCUT2D eigenvalue weighted by molar-refractivity contribution is -0.138. The molecule has 2 aliphatic rings. The van der Waals surface area contributed by atoms with E-state index in [4.69, 9.17) is 10.5 Å². The van der Waals surface area contributed by atoms with Crippen LogP contribution in [0.3, 0.4) is 0 Å². The number of aliphatic hydroxyl groups is 1. The number of ether oxygens (including phenoxy) is 1. The van der Waals surface area contributed by atoms with E-state index in [0.29, 0.717) is 32.6 Å². The van der Waals surface area contributed by atoms with Crippen molar-refractivity contribution >= 4 is 0 Å². The van der Waals surface area contributed by atoms with Crippen molar-refractivity contribution in [1.82, 2.24) is 0 Å². The summed E-state index contributed by atoms with van der Waals surface area (Å²) in [4.78, 5) is 0. The zero-order valence-electron chi connectivity index (χ0n) is 10.7. The third kappa shape index (κ3) is 1.69. The molecule has 0 bridgehead atoms. The lowest BCUT2D eigenvalue weighted by Gasteiger charge is -2.46. The Kier molecular flexibility index (Phi) is 2.93. The van der Waals surface area contributed by atoms with Crippen LogP contribution in [0.2, 0.25) is 0 Å². The number of hydrogen-bond donors (Lipinski definition) is 2. The standard InChI is InChI=1S/C15H21NO2/c16-11-14(15(17)5-7-18-8-6-15)9-12-3-1-2-4-13(12)10-14/h1-4,17H,5-11,16H2. The minimum atomic E-state index is -0.668. The van der Waals surface area contributed by atoms with Crippen LogP contribution in [0.5, 0.6) is 0 Å².